The molecule has 2 aromatic rings. The van der Waals surface area contributed by atoms with E-state index in [0.29, 0.717) is 24.9 Å². The highest BCUT2D eigenvalue weighted by molar-refractivity contribution is 9.10. The van der Waals surface area contributed by atoms with Gasteiger partial charge < -0.3 is 15.4 Å². The molecule has 0 aromatic carbocycles. The van der Waals surface area contributed by atoms with Crippen molar-refractivity contribution in [2.24, 2.45) is 0 Å². The van der Waals surface area contributed by atoms with Crippen molar-refractivity contribution in [3.63, 3.8) is 0 Å². The summed E-state index contributed by atoms with van der Waals surface area (Å²) < 4.78 is 7.71. The van der Waals surface area contributed by atoms with Crippen LogP contribution in [0, 0.1) is 0 Å². The lowest BCUT2D eigenvalue weighted by Gasteiger charge is -2.19. The molecule has 9 heteroatoms. The summed E-state index contributed by atoms with van der Waals surface area (Å²) in [7, 11) is 0. The van der Waals surface area contributed by atoms with Crippen LogP contribution in [0.3, 0.4) is 0 Å². The summed E-state index contributed by atoms with van der Waals surface area (Å²) in [5, 5.41) is 11.2. The molecule has 0 bridgehead atoms. The van der Waals surface area contributed by atoms with Gasteiger partial charge in [0.1, 0.15) is 5.82 Å². The maximum atomic E-state index is 12.2. The van der Waals surface area contributed by atoms with Crippen LogP contribution in [0.2, 0.25) is 0 Å². The molecule has 4 rings (SSSR count). The lowest BCUT2D eigenvalue weighted by molar-refractivity contribution is -0.145. The minimum absolute atomic E-state index is 0.233. The van der Waals surface area contributed by atoms with E-state index in [9.17, 15) is 4.79 Å². The van der Waals surface area contributed by atoms with E-state index in [1.807, 2.05) is 20.0 Å². The topological polar surface area (TPSA) is 94.0 Å². The molecule has 3 heterocycles. The predicted molar refractivity (Wildman–Crippen MR) is 101 cm³/mol. The van der Waals surface area contributed by atoms with Gasteiger partial charge in [0.2, 0.25) is 5.95 Å². The van der Waals surface area contributed by atoms with E-state index in [4.69, 9.17) is 9.84 Å². The van der Waals surface area contributed by atoms with Crippen LogP contribution < -0.4 is 10.6 Å². The number of cyclic esters (lactones) is 1. The van der Waals surface area contributed by atoms with Gasteiger partial charge in [-0.2, -0.15) is 10.1 Å². The number of anilines is 3. The molecule has 2 fully saturated rings. The van der Waals surface area contributed by atoms with E-state index >= 15 is 0 Å². The molecular weight excluding hydrogens is 400 g/mol. The van der Waals surface area contributed by atoms with Crippen molar-refractivity contribution in [1.29, 1.82) is 0 Å². The Bertz CT molecular complexity index is 850. The molecule has 1 saturated carbocycles. The number of esters is 1. The van der Waals surface area contributed by atoms with Crippen LogP contribution in [0.1, 0.15) is 44.7 Å². The van der Waals surface area contributed by atoms with E-state index < -0.39 is 5.54 Å². The van der Waals surface area contributed by atoms with Crippen molar-refractivity contribution in [3.05, 3.63) is 22.6 Å². The average molecular weight is 421 g/mol. The van der Waals surface area contributed by atoms with Crippen molar-refractivity contribution in [1.82, 2.24) is 19.7 Å². The molecule has 0 unspecified atom stereocenters. The second-order valence-corrected chi connectivity index (χ2v) is 7.71. The highest BCUT2D eigenvalue weighted by atomic mass is 79.9. The fourth-order valence-electron chi connectivity index (χ4n) is 3.04. The van der Waals surface area contributed by atoms with Crippen LogP contribution >= 0.6 is 15.9 Å². The summed E-state index contributed by atoms with van der Waals surface area (Å²) in [6.45, 7) is 5.08. The molecular formula is C17H21BrN6O2. The highest BCUT2D eigenvalue weighted by Gasteiger charge is 2.44. The number of nitrogens with zero attached hydrogens (tertiary/aromatic N) is 4. The Morgan fingerprint density at radius 2 is 2.27 bits per heavy atom. The van der Waals surface area contributed by atoms with Gasteiger partial charge in [-0.1, -0.05) is 0 Å². The Hall–Kier alpha value is -2.16. The van der Waals surface area contributed by atoms with E-state index in [0.717, 1.165) is 41.1 Å². The van der Waals surface area contributed by atoms with Gasteiger partial charge in [0.25, 0.3) is 0 Å². The van der Waals surface area contributed by atoms with Crippen molar-refractivity contribution < 1.29 is 9.53 Å². The monoisotopic (exact) mass is 420 g/mol. The maximum Gasteiger partial charge on any atom is 0.333 e. The molecule has 1 aliphatic heterocycles. The number of carbonyl (C=O) groups excluding carboxylic acids is 1. The smallest absolute Gasteiger partial charge is 0.333 e. The number of rotatable bonds is 6. The van der Waals surface area contributed by atoms with E-state index in [2.05, 4.69) is 36.5 Å². The molecule has 0 amide bonds. The third-order valence-electron chi connectivity index (χ3n) is 4.81. The number of aromatic nitrogens is 4. The summed E-state index contributed by atoms with van der Waals surface area (Å²) >= 11 is 3.44. The minimum Gasteiger partial charge on any atom is -0.464 e. The van der Waals surface area contributed by atoms with Gasteiger partial charge in [-0.25, -0.2) is 9.78 Å². The van der Waals surface area contributed by atoms with Gasteiger partial charge in [-0.15, -0.1) is 0 Å². The second kappa shape index (κ2) is 6.53. The normalized spacial score (nSPS) is 22.3. The zero-order valence-electron chi connectivity index (χ0n) is 14.8. The van der Waals surface area contributed by atoms with Crippen LogP contribution in [0.4, 0.5) is 17.5 Å². The van der Waals surface area contributed by atoms with Crippen LogP contribution in [0.15, 0.2) is 16.9 Å². The van der Waals surface area contributed by atoms with Crippen molar-refractivity contribution >= 4 is 39.4 Å². The first-order valence-electron chi connectivity index (χ1n) is 8.82. The Morgan fingerprint density at radius 1 is 1.46 bits per heavy atom. The highest BCUT2D eigenvalue weighted by Crippen LogP contribution is 2.44. The molecule has 8 nitrogen and oxygen atoms in total. The largest absolute Gasteiger partial charge is 0.464 e. The third-order valence-corrected chi connectivity index (χ3v) is 5.39. The molecule has 2 N–H and O–H groups in total. The quantitative estimate of drug-likeness (QED) is 0.692. The number of hydrogen-bond acceptors (Lipinski definition) is 7. The molecule has 1 aliphatic carbocycles. The fraction of sp³-hybridized carbons (Fsp3) is 0.529. The number of carbonyl (C=O) groups is 1. The first-order valence-corrected chi connectivity index (χ1v) is 9.61. The molecule has 2 aromatic heterocycles. The van der Waals surface area contributed by atoms with Crippen molar-refractivity contribution in [3.8, 4) is 0 Å². The van der Waals surface area contributed by atoms with Crippen molar-refractivity contribution in [2.75, 3.05) is 23.8 Å². The molecule has 2 aliphatic rings. The van der Waals surface area contributed by atoms with Crippen molar-refractivity contribution in [2.45, 2.75) is 44.6 Å². The number of hydrogen-bond donors (Lipinski definition) is 2. The second-order valence-electron chi connectivity index (χ2n) is 6.85. The summed E-state index contributed by atoms with van der Waals surface area (Å²) in [4.78, 5) is 21.0. The molecule has 26 heavy (non-hydrogen) atoms. The summed E-state index contributed by atoms with van der Waals surface area (Å²) in [5.74, 6) is 1.41. The van der Waals surface area contributed by atoms with E-state index in [1.54, 1.807) is 10.9 Å². The van der Waals surface area contributed by atoms with Gasteiger partial charge in [-0.05, 0) is 42.6 Å². The minimum atomic E-state index is -0.751. The zero-order chi connectivity index (χ0) is 18.3. The molecule has 0 radical (unpaired) electrons. The first kappa shape index (κ1) is 17.3. The molecule has 0 spiro atoms. The predicted octanol–water partition coefficient (Wildman–Crippen LogP) is 3.15. The lowest BCUT2D eigenvalue weighted by atomic mass is 10.0. The third kappa shape index (κ3) is 3.04. The number of nitrogens with one attached hydrogen (secondary N) is 2. The summed E-state index contributed by atoms with van der Waals surface area (Å²) in [6.07, 6.45) is 6.42. The molecule has 1 saturated heterocycles. The lowest BCUT2D eigenvalue weighted by Crippen LogP contribution is -2.35. The van der Waals surface area contributed by atoms with Crippen LogP contribution in [0.25, 0.3) is 0 Å². The summed E-state index contributed by atoms with van der Waals surface area (Å²) in [5.41, 5.74) is 1.06. The number of ether oxygens (including phenoxy) is 1. The van der Waals surface area contributed by atoms with Crippen LogP contribution in [-0.4, -0.2) is 38.9 Å². The fourth-order valence-corrected chi connectivity index (χ4v) is 3.37. The SMILES string of the molecule is CCNc1nc(Nc2cn([C@]3(C)CCOC3=O)nc2C2CC2)ncc1Br. The standard InChI is InChI=1S/C17H21BrN6O2/c1-3-19-14-11(18)8-20-16(22-14)21-12-9-24(23-13(12)10-4-5-10)17(2)6-7-26-15(17)25/h8-10H,3-7H2,1-2H3,(H2,19,20,21,22)/t17-/m1/s1. The summed E-state index contributed by atoms with van der Waals surface area (Å²) in [6, 6.07) is 0. The Labute approximate surface area is 159 Å². The van der Waals surface area contributed by atoms with Gasteiger partial charge in [0.05, 0.1) is 28.7 Å². The molecule has 138 valence electrons. The van der Waals surface area contributed by atoms with Gasteiger partial charge in [-0.3, -0.25) is 4.68 Å². The van der Waals surface area contributed by atoms with Crippen LogP contribution in [0.5, 0.6) is 0 Å². The van der Waals surface area contributed by atoms with Gasteiger partial charge in [0.15, 0.2) is 5.54 Å². The number of halogens is 1. The average Bonchev–Trinajstić information content (AvgIpc) is 3.29. The van der Waals surface area contributed by atoms with Crippen LogP contribution in [-0.2, 0) is 15.1 Å². The zero-order valence-corrected chi connectivity index (χ0v) is 16.3. The van der Waals surface area contributed by atoms with Gasteiger partial charge >= 0.3 is 5.97 Å². The van der Waals surface area contributed by atoms with Gasteiger partial charge in [0, 0.05) is 25.1 Å². The Morgan fingerprint density at radius 3 is 2.92 bits per heavy atom. The first-order chi connectivity index (χ1) is 12.5. The molecule has 1 atom stereocenters. The van der Waals surface area contributed by atoms with E-state index in [-0.39, 0.29) is 5.97 Å². The Balaban J connectivity index is 1.66. The Kier molecular flexibility index (Phi) is 4.34. The van der Waals surface area contributed by atoms with E-state index in [1.165, 1.54) is 0 Å². The maximum absolute atomic E-state index is 12.2.